The Bertz CT molecular complexity index is 365. The number of rotatable bonds is 8. The van der Waals surface area contributed by atoms with E-state index in [0.29, 0.717) is 19.7 Å². The number of ether oxygens (including phenoxy) is 1. The Morgan fingerprint density at radius 1 is 1.44 bits per heavy atom. The molecule has 1 rings (SSSR count). The first-order valence-corrected chi connectivity index (χ1v) is 6.75. The van der Waals surface area contributed by atoms with Gasteiger partial charge in [-0.1, -0.05) is 6.07 Å². The van der Waals surface area contributed by atoms with E-state index >= 15 is 0 Å². The fourth-order valence-electron chi connectivity index (χ4n) is 1.29. The van der Waals surface area contributed by atoms with Gasteiger partial charge in [0.1, 0.15) is 0 Å². The van der Waals surface area contributed by atoms with Crippen LogP contribution in [0.5, 0.6) is 0 Å². The lowest BCUT2D eigenvalue weighted by Gasteiger charge is -2.05. The average molecular weight is 270 g/mol. The van der Waals surface area contributed by atoms with Crippen LogP contribution in [0.4, 0.5) is 0 Å². The van der Waals surface area contributed by atoms with Gasteiger partial charge in [0, 0.05) is 11.4 Å². The van der Waals surface area contributed by atoms with Gasteiger partial charge >= 0.3 is 5.97 Å². The molecule has 0 aliphatic rings. The molecule has 0 atom stereocenters. The molecule has 2 N–H and O–H groups in total. The predicted molar refractivity (Wildman–Crippen MR) is 70.3 cm³/mol. The number of hydrogen-bond donors (Lipinski definition) is 2. The molecule has 1 aromatic rings. The van der Waals surface area contributed by atoms with Crippen molar-refractivity contribution in [3.63, 3.8) is 0 Å². The lowest BCUT2D eigenvalue weighted by atomic mass is 10.4. The van der Waals surface area contributed by atoms with Crippen LogP contribution in [0.3, 0.4) is 0 Å². The summed E-state index contributed by atoms with van der Waals surface area (Å²) in [6, 6.07) is 3.92. The van der Waals surface area contributed by atoms with E-state index in [1.54, 1.807) is 18.3 Å². The largest absolute Gasteiger partial charge is 0.466 e. The number of carbonyl (C=O) groups is 2. The van der Waals surface area contributed by atoms with Crippen molar-refractivity contribution < 1.29 is 14.3 Å². The van der Waals surface area contributed by atoms with Crippen molar-refractivity contribution in [2.75, 3.05) is 19.7 Å². The Morgan fingerprint density at radius 2 is 2.28 bits per heavy atom. The maximum Gasteiger partial charge on any atom is 0.307 e. The number of hydrogen-bond acceptors (Lipinski definition) is 5. The molecule has 0 bridgehead atoms. The van der Waals surface area contributed by atoms with Crippen LogP contribution in [0.15, 0.2) is 17.5 Å². The van der Waals surface area contributed by atoms with Crippen LogP contribution < -0.4 is 10.6 Å². The van der Waals surface area contributed by atoms with Gasteiger partial charge in [-0.25, -0.2) is 0 Å². The second kappa shape index (κ2) is 8.66. The quantitative estimate of drug-likeness (QED) is 0.544. The molecule has 18 heavy (non-hydrogen) atoms. The summed E-state index contributed by atoms with van der Waals surface area (Å²) in [5, 5.41) is 7.66. The molecule has 100 valence electrons. The number of carbonyl (C=O) groups excluding carboxylic acids is 2. The summed E-state index contributed by atoms with van der Waals surface area (Å²) >= 11 is 1.61. The molecule has 0 aliphatic heterocycles. The summed E-state index contributed by atoms with van der Waals surface area (Å²) in [5.41, 5.74) is 0. The minimum Gasteiger partial charge on any atom is -0.466 e. The molecule has 1 heterocycles. The lowest BCUT2D eigenvalue weighted by molar-refractivity contribution is -0.143. The zero-order chi connectivity index (χ0) is 13.2. The number of thiophene rings is 1. The first-order valence-electron chi connectivity index (χ1n) is 5.87. The Labute approximate surface area is 111 Å². The van der Waals surface area contributed by atoms with Gasteiger partial charge in [0.25, 0.3) is 0 Å². The van der Waals surface area contributed by atoms with Crippen LogP contribution in [-0.2, 0) is 20.9 Å². The minimum atomic E-state index is -0.246. The van der Waals surface area contributed by atoms with E-state index in [4.69, 9.17) is 4.74 Å². The molecule has 1 aromatic heterocycles. The summed E-state index contributed by atoms with van der Waals surface area (Å²) in [6.45, 7) is 3.37. The van der Waals surface area contributed by atoms with Gasteiger partial charge in [-0.3, -0.25) is 9.59 Å². The van der Waals surface area contributed by atoms with Crippen molar-refractivity contribution in [2.45, 2.75) is 19.9 Å². The number of nitrogens with one attached hydrogen (secondary N) is 2. The highest BCUT2D eigenvalue weighted by atomic mass is 32.1. The van der Waals surface area contributed by atoms with E-state index in [-0.39, 0.29) is 24.8 Å². The highest BCUT2D eigenvalue weighted by Crippen LogP contribution is 2.06. The van der Waals surface area contributed by atoms with E-state index < -0.39 is 0 Å². The maximum absolute atomic E-state index is 11.4. The fraction of sp³-hybridized carbons (Fsp3) is 0.500. The SMILES string of the molecule is CCOC(=O)CCNCC(=O)NCc1cccs1. The highest BCUT2D eigenvalue weighted by Gasteiger charge is 2.03. The van der Waals surface area contributed by atoms with Crippen LogP contribution >= 0.6 is 11.3 Å². The summed E-state index contributed by atoms with van der Waals surface area (Å²) in [4.78, 5) is 23.6. The van der Waals surface area contributed by atoms with Crippen molar-refractivity contribution in [3.05, 3.63) is 22.4 Å². The zero-order valence-corrected chi connectivity index (χ0v) is 11.2. The Balaban J connectivity index is 2.01. The van der Waals surface area contributed by atoms with Gasteiger partial charge in [-0.05, 0) is 18.4 Å². The minimum absolute atomic E-state index is 0.0766. The van der Waals surface area contributed by atoms with Gasteiger partial charge in [0.05, 0.1) is 26.1 Å². The number of esters is 1. The lowest BCUT2D eigenvalue weighted by Crippen LogP contribution is -2.34. The smallest absolute Gasteiger partial charge is 0.307 e. The van der Waals surface area contributed by atoms with E-state index in [9.17, 15) is 9.59 Å². The highest BCUT2D eigenvalue weighted by molar-refractivity contribution is 7.09. The van der Waals surface area contributed by atoms with Gasteiger partial charge in [0.15, 0.2) is 0 Å². The van der Waals surface area contributed by atoms with Gasteiger partial charge < -0.3 is 15.4 Å². The van der Waals surface area contributed by atoms with E-state index in [2.05, 4.69) is 10.6 Å². The van der Waals surface area contributed by atoms with Crippen molar-refractivity contribution in [1.82, 2.24) is 10.6 Å². The molecule has 0 fully saturated rings. The molecule has 6 heteroatoms. The molecular weight excluding hydrogens is 252 g/mol. The van der Waals surface area contributed by atoms with Crippen molar-refractivity contribution in [2.24, 2.45) is 0 Å². The van der Waals surface area contributed by atoms with Gasteiger partial charge in [0.2, 0.25) is 5.91 Å². The normalized spacial score (nSPS) is 10.1. The summed E-state index contributed by atoms with van der Waals surface area (Å²) in [6.07, 6.45) is 0.284. The Kier molecular flexibility index (Phi) is 7.05. The average Bonchev–Trinajstić information content (AvgIpc) is 2.85. The molecule has 1 amide bonds. The predicted octanol–water partition coefficient (Wildman–Crippen LogP) is 0.907. The third-order valence-electron chi connectivity index (χ3n) is 2.14. The third-order valence-corrected chi connectivity index (χ3v) is 3.01. The zero-order valence-electron chi connectivity index (χ0n) is 10.4. The van der Waals surface area contributed by atoms with Crippen LogP contribution in [0.25, 0.3) is 0 Å². The molecule has 0 radical (unpaired) electrons. The van der Waals surface area contributed by atoms with Gasteiger partial charge in [-0.2, -0.15) is 0 Å². The first kappa shape index (κ1) is 14.7. The van der Waals surface area contributed by atoms with Crippen LogP contribution in [0.1, 0.15) is 18.2 Å². The standard InChI is InChI=1S/C12H18N2O3S/c1-2-17-12(16)5-6-13-9-11(15)14-8-10-4-3-7-18-10/h3-4,7,13H,2,5-6,8-9H2,1H3,(H,14,15). The van der Waals surface area contributed by atoms with Crippen LogP contribution in [0.2, 0.25) is 0 Å². The molecular formula is C12H18N2O3S. The summed E-state index contributed by atoms with van der Waals surface area (Å²) < 4.78 is 4.77. The maximum atomic E-state index is 11.4. The second-order valence-corrected chi connectivity index (χ2v) is 4.62. The van der Waals surface area contributed by atoms with Crippen molar-refractivity contribution in [1.29, 1.82) is 0 Å². The second-order valence-electron chi connectivity index (χ2n) is 3.59. The van der Waals surface area contributed by atoms with Crippen molar-refractivity contribution in [3.8, 4) is 0 Å². The fourth-order valence-corrected chi connectivity index (χ4v) is 1.93. The molecule has 0 spiro atoms. The van der Waals surface area contributed by atoms with E-state index in [0.717, 1.165) is 4.88 Å². The molecule has 0 aliphatic carbocycles. The van der Waals surface area contributed by atoms with Crippen LogP contribution in [-0.4, -0.2) is 31.6 Å². The summed E-state index contributed by atoms with van der Waals surface area (Å²) in [5.74, 6) is -0.323. The topological polar surface area (TPSA) is 67.4 Å². The van der Waals surface area contributed by atoms with E-state index in [1.807, 2.05) is 17.5 Å². The van der Waals surface area contributed by atoms with Gasteiger partial charge in [-0.15, -0.1) is 11.3 Å². The molecule has 0 saturated carbocycles. The molecule has 5 nitrogen and oxygen atoms in total. The molecule has 0 saturated heterocycles. The summed E-state index contributed by atoms with van der Waals surface area (Å²) in [7, 11) is 0. The molecule has 0 unspecified atom stereocenters. The Morgan fingerprint density at radius 3 is 2.94 bits per heavy atom. The monoisotopic (exact) mass is 270 g/mol. The Hall–Kier alpha value is -1.40. The first-order chi connectivity index (χ1) is 8.72. The molecule has 0 aromatic carbocycles. The van der Waals surface area contributed by atoms with Crippen LogP contribution in [0, 0.1) is 0 Å². The number of amides is 1. The van der Waals surface area contributed by atoms with E-state index in [1.165, 1.54) is 0 Å². The third kappa shape index (κ3) is 6.36. The van der Waals surface area contributed by atoms with Crippen molar-refractivity contribution >= 4 is 23.2 Å².